The summed E-state index contributed by atoms with van der Waals surface area (Å²) >= 11 is 0. The number of aliphatic imine (C=N–C) groups is 1. The predicted octanol–water partition coefficient (Wildman–Crippen LogP) is 2.18. The molecule has 0 saturated carbocycles. The number of piperazine rings is 1. The number of amides is 1. The van der Waals surface area contributed by atoms with Gasteiger partial charge in [0.1, 0.15) is 0 Å². The highest BCUT2D eigenvalue weighted by Gasteiger charge is 2.26. The molecule has 2 fully saturated rings. The highest BCUT2D eigenvalue weighted by Crippen LogP contribution is 2.18. The first kappa shape index (κ1) is 19.5. The molecule has 0 aromatic heterocycles. The van der Waals surface area contributed by atoms with Gasteiger partial charge in [-0.3, -0.25) is 9.79 Å². The molecule has 1 N–H and O–H groups in total. The topological polar surface area (TPSA) is 51.2 Å². The number of benzene rings is 1. The molecular formula is C21H33N5O. The van der Waals surface area contributed by atoms with Gasteiger partial charge in [-0.25, -0.2) is 0 Å². The maximum atomic E-state index is 12.0. The maximum absolute atomic E-state index is 12.0. The molecule has 148 valence electrons. The van der Waals surface area contributed by atoms with Gasteiger partial charge in [-0.2, -0.15) is 0 Å². The first-order valence-corrected chi connectivity index (χ1v) is 10.3. The number of hydrogen-bond donors (Lipinski definition) is 1. The van der Waals surface area contributed by atoms with Crippen molar-refractivity contribution in [2.75, 3.05) is 51.2 Å². The van der Waals surface area contributed by atoms with Crippen LogP contribution in [0.5, 0.6) is 0 Å². The molecule has 3 rings (SSSR count). The third-order valence-electron chi connectivity index (χ3n) is 5.70. The van der Waals surface area contributed by atoms with Crippen LogP contribution in [0.1, 0.15) is 32.6 Å². The van der Waals surface area contributed by atoms with Crippen molar-refractivity contribution in [1.29, 1.82) is 0 Å². The van der Waals surface area contributed by atoms with Crippen LogP contribution in [0.25, 0.3) is 0 Å². The van der Waals surface area contributed by atoms with Crippen molar-refractivity contribution >= 4 is 17.6 Å². The molecule has 1 aromatic rings. The predicted molar refractivity (Wildman–Crippen MR) is 111 cm³/mol. The minimum Gasteiger partial charge on any atom is -0.368 e. The van der Waals surface area contributed by atoms with Crippen LogP contribution >= 0.6 is 0 Å². The minimum absolute atomic E-state index is 0.322. The van der Waals surface area contributed by atoms with E-state index in [4.69, 9.17) is 0 Å². The Hall–Kier alpha value is -2.24. The van der Waals surface area contributed by atoms with Crippen LogP contribution < -0.4 is 10.2 Å². The number of nitrogens with one attached hydrogen (secondary N) is 1. The van der Waals surface area contributed by atoms with Crippen LogP contribution in [0, 0.1) is 0 Å². The molecule has 0 aliphatic carbocycles. The Bertz CT molecular complexity index is 625. The molecule has 1 unspecified atom stereocenters. The SMILES string of the molecule is CCC(CCNC(=NC)N1CCN(c2ccccc2)CC1)N1CCCC1=O. The average Bonchev–Trinajstić information content (AvgIpc) is 3.15. The van der Waals surface area contributed by atoms with Crippen molar-refractivity contribution in [3.05, 3.63) is 30.3 Å². The highest BCUT2D eigenvalue weighted by atomic mass is 16.2. The van der Waals surface area contributed by atoms with Gasteiger partial charge >= 0.3 is 0 Å². The van der Waals surface area contributed by atoms with Gasteiger partial charge in [0.25, 0.3) is 0 Å². The number of para-hydroxylation sites is 1. The van der Waals surface area contributed by atoms with Gasteiger partial charge in [0.15, 0.2) is 5.96 Å². The van der Waals surface area contributed by atoms with E-state index < -0.39 is 0 Å². The summed E-state index contributed by atoms with van der Waals surface area (Å²) in [6.45, 7) is 7.90. The van der Waals surface area contributed by atoms with Gasteiger partial charge in [-0.05, 0) is 31.4 Å². The van der Waals surface area contributed by atoms with Crippen LogP contribution in [-0.2, 0) is 4.79 Å². The van der Waals surface area contributed by atoms with E-state index in [0.29, 0.717) is 11.9 Å². The standard InChI is InChI=1S/C21H33N5O/c1-3-18(26-13-7-10-20(26)27)11-12-23-21(22-2)25-16-14-24(15-17-25)19-8-5-4-6-9-19/h4-6,8-9,18H,3,7,10-17H2,1-2H3,(H,22,23). The molecule has 2 aliphatic heterocycles. The Labute approximate surface area is 163 Å². The number of likely N-dealkylation sites (tertiary alicyclic amines) is 1. The number of anilines is 1. The Balaban J connectivity index is 1.45. The van der Waals surface area contributed by atoms with Gasteiger partial charge in [-0.1, -0.05) is 25.1 Å². The largest absolute Gasteiger partial charge is 0.368 e. The number of carbonyl (C=O) groups excluding carboxylic acids is 1. The van der Waals surface area contributed by atoms with Crippen molar-refractivity contribution < 1.29 is 4.79 Å². The van der Waals surface area contributed by atoms with Crippen LogP contribution in [0.4, 0.5) is 5.69 Å². The number of guanidine groups is 1. The minimum atomic E-state index is 0.322. The highest BCUT2D eigenvalue weighted by molar-refractivity contribution is 5.80. The molecule has 0 bridgehead atoms. The fourth-order valence-electron chi connectivity index (χ4n) is 4.13. The molecule has 1 aromatic carbocycles. The molecule has 27 heavy (non-hydrogen) atoms. The quantitative estimate of drug-likeness (QED) is 0.615. The third-order valence-corrected chi connectivity index (χ3v) is 5.70. The van der Waals surface area contributed by atoms with Crippen molar-refractivity contribution in [1.82, 2.24) is 15.1 Å². The molecule has 0 spiro atoms. The summed E-state index contributed by atoms with van der Waals surface area (Å²) in [6.07, 6.45) is 3.72. The molecule has 6 nitrogen and oxygen atoms in total. The first-order chi connectivity index (χ1) is 13.2. The van der Waals surface area contributed by atoms with Crippen LogP contribution in [0.2, 0.25) is 0 Å². The van der Waals surface area contributed by atoms with E-state index in [9.17, 15) is 4.79 Å². The van der Waals surface area contributed by atoms with E-state index in [-0.39, 0.29) is 0 Å². The Morgan fingerprint density at radius 2 is 1.89 bits per heavy atom. The molecule has 2 saturated heterocycles. The van der Waals surface area contributed by atoms with Crippen LogP contribution in [0.3, 0.4) is 0 Å². The summed E-state index contributed by atoms with van der Waals surface area (Å²) in [5.74, 6) is 1.30. The first-order valence-electron chi connectivity index (χ1n) is 10.3. The fourth-order valence-corrected chi connectivity index (χ4v) is 4.13. The number of nitrogens with zero attached hydrogens (tertiary/aromatic N) is 4. The lowest BCUT2D eigenvalue weighted by Crippen LogP contribution is -2.53. The molecule has 1 amide bonds. The van der Waals surface area contributed by atoms with Gasteiger partial charge < -0.3 is 20.0 Å². The lowest BCUT2D eigenvalue weighted by Gasteiger charge is -2.38. The smallest absolute Gasteiger partial charge is 0.222 e. The summed E-state index contributed by atoms with van der Waals surface area (Å²) in [4.78, 5) is 23.3. The lowest BCUT2D eigenvalue weighted by molar-refractivity contribution is -0.129. The Morgan fingerprint density at radius 1 is 1.15 bits per heavy atom. The van der Waals surface area contributed by atoms with E-state index in [0.717, 1.165) is 70.9 Å². The summed E-state index contributed by atoms with van der Waals surface area (Å²) in [6, 6.07) is 10.9. The van der Waals surface area contributed by atoms with E-state index in [1.54, 1.807) is 0 Å². The van der Waals surface area contributed by atoms with Gasteiger partial charge in [0.2, 0.25) is 5.91 Å². The molecule has 0 radical (unpaired) electrons. The summed E-state index contributed by atoms with van der Waals surface area (Å²) < 4.78 is 0. The lowest BCUT2D eigenvalue weighted by atomic mass is 10.1. The van der Waals surface area contributed by atoms with Crippen molar-refractivity contribution in [2.45, 2.75) is 38.6 Å². The number of rotatable bonds is 6. The Kier molecular flexibility index (Phi) is 6.96. The van der Waals surface area contributed by atoms with Crippen molar-refractivity contribution in [3.63, 3.8) is 0 Å². The zero-order valence-corrected chi connectivity index (χ0v) is 16.7. The van der Waals surface area contributed by atoms with Gasteiger partial charge in [0.05, 0.1) is 0 Å². The van der Waals surface area contributed by atoms with Gasteiger partial charge in [-0.15, -0.1) is 0 Å². The number of hydrogen-bond acceptors (Lipinski definition) is 3. The Morgan fingerprint density at radius 3 is 2.48 bits per heavy atom. The van der Waals surface area contributed by atoms with E-state index in [1.807, 2.05) is 7.05 Å². The summed E-state index contributed by atoms with van der Waals surface area (Å²) in [5, 5.41) is 3.52. The summed E-state index contributed by atoms with van der Waals surface area (Å²) in [5.41, 5.74) is 1.29. The van der Waals surface area contributed by atoms with Crippen molar-refractivity contribution in [2.24, 2.45) is 4.99 Å². The van der Waals surface area contributed by atoms with Gasteiger partial charge in [0, 0.05) is 64.5 Å². The zero-order valence-electron chi connectivity index (χ0n) is 16.7. The molecule has 2 aliphatic rings. The van der Waals surface area contributed by atoms with Crippen LogP contribution in [-0.4, -0.2) is 74.0 Å². The number of carbonyl (C=O) groups is 1. The zero-order chi connectivity index (χ0) is 19.1. The monoisotopic (exact) mass is 371 g/mol. The molecule has 2 heterocycles. The van der Waals surface area contributed by atoms with Crippen LogP contribution in [0.15, 0.2) is 35.3 Å². The second-order valence-electron chi connectivity index (χ2n) is 7.33. The van der Waals surface area contributed by atoms with E-state index >= 15 is 0 Å². The molecule has 1 atom stereocenters. The summed E-state index contributed by atoms with van der Waals surface area (Å²) in [7, 11) is 1.85. The van der Waals surface area contributed by atoms with E-state index in [2.05, 4.69) is 62.3 Å². The third kappa shape index (κ3) is 4.93. The molecule has 6 heteroatoms. The maximum Gasteiger partial charge on any atom is 0.222 e. The second kappa shape index (κ2) is 9.62. The second-order valence-corrected chi connectivity index (χ2v) is 7.33. The average molecular weight is 372 g/mol. The van der Waals surface area contributed by atoms with E-state index in [1.165, 1.54) is 5.69 Å². The fraction of sp³-hybridized carbons (Fsp3) is 0.619. The van der Waals surface area contributed by atoms with Crippen molar-refractivity contribution in [3.8, 4) is 0 Å². The normalized spacial score (nSPS) is 19.6. The molecular weight excluding hydrogens is 338 g/mol.